The van der Waals surface area contributed by atoms with Crippen molar-refractivity contribution in [1.82, 2.24) is 4.90 Å². The molecule has 0 aliphatic carbocycles. The van der Waals surface area contributed by atoms with E-state index in [-0.39, 0.29) is 6.03 Å². The van der Waals surface area contributed by atoms with Crippen molar-refractivity contribution in [3.8, 4) is 5.75 Å². The first-order chi connectivity index (χ1) is 12.9. The third kappa shape index (κ3) is 4.30. The highest BCUT2D eigenvalue weighted by atomic mass is 35.5. The number of hydrogen-bond acceptors (Lipinski definition) is 3. The molecule has 27 heavy (non-hydrogen) atoms. The van der Waals surface area contributed by atoms with E-state index in [1.165, 1.54) is 22.4 Å². The number of urea groups is 1. The van der Waals surface area contributed by atoms with Crippen LogP contribution in [0, 0.1) is 20.8 Å². The molecule has 1 N–H and O–H groups in total. The number of piperazine rings is 1. The molecule has 0 atom stereocenters. The molecular weight excluding hydrogens is 362 g/mol. The Kier molecular flexibility index (Phi) is 5.80. The maximum Gasteiger partial charge on any atom is 0.321 e. The molecule has 1 aliphatic rings. The monoisotopic (exact) mass is 387 g/mol. The molecule has 2 amide bonds. The standard InChI is InChI=1S/C21H26ClN3O2/c1-14-11-15(2)20(16(3)12-14)24-7-9-25(10-8-24)21(26)23-17-5-6-19(27-4)18(22)13-17/h5-6,11-13H,7-10H2,1-4H3,(H,23,26). The highest BCUT2D eigenvalue weighted by Crippen LogP contribution is 2.29. The van der Waals surface area contributed by atoms with E-state index in [1.54, 1.807) is 25.3 Å². The van der Waals surface area contributed by atoms with Gasteiger partial charge >= 0.3 is 6.03 Å². The molecule has 0 saturated carbocycles. The molecule has 0 spiro atoms. The molecule has 1 fully saturated rings. The number of rotatable bonds is 3. The van der Waals surface area contributed by atoms with E-state index in [1.807, 2.05) is 4.90 Å². The first-order valence-electron chi connectivity index (χ1n) is 9.11. The number of anilines is 2. The molecule has 144 valence electrons. The Morgan fingerprint density at radius 2 is 1.67 bits per heavy atom. The molecule has 1 heterocycles. The zero-order valence-electron chi connectivity index (χ0n) is 16.3. The van der Waals surface area contributed by atoms with Gasteiger partial charge in [-0.15, -0.1) is 0 Å². The van der Waals surface area contributed by atoms with Crippen molar-refractivity contribution in [1.29, 1.82) is 0 Å². The smallest absolute Gasteiger partial charge is 0.321 e. The van der Waals surface area contributed by atoms with Gasteiger partial charge in [0.25, 0.3) is 0 Å². The fraction of sp³-hybridized carbons (Fsp3) is 0.381. The second kappa shape index (κ2) is 8.09. The van der Waals surface area contributed by atoms with Gasteiger partial charge < -0.3 is 19.9 Å². The number of nitrogens with one attached hydrogen (secondary N) is 1. The van der Waals surface area contributed by atoms with E-state index >= 15 is 0 Å². The number of halogens is 1. The van der Waals surface area contributed by atoms with Crippen LogP contribution in [0.4, 0.5) is 16.2 Å². The number of amides is 2. The summed E-state index contributed by atoms with van der Waals surface area (Å²) >= 11 is 6.13. The minimum atomic E-state index is -0.103. The van der Waals surface area contributed by atoms with E-state index in [0.29, 0.717) is 29.5 Å². The number of carbonyl (C=O) groups is 1. The molecule has 0 radical (unpaired) electrons. The molecule has 1 aliphatic heterocycles. The number of benzene rings is 2. The molecule has 3 rings (SSSR count). The van der Waals surface area contributed by atoms with Crippen LogP contribution < -0.4 is 15.0 Å². The first kappa shape index (κ1) is 19.4. The second-order valence-corrected chi connectivity index (χ2v) is 7.41. The van der Waals surface area contributed by atoms with E-state index in [2.05, 4.69) is 43.1 Å². The quantitative estimate of drug-likeness (QED) is 0.835. The van der Waals surface area contributed by atoms with Crippen molar-refractivity contribution >= 4 is 29.0 Å². The van der Waals surface area contributed by atoms with Crippen LogP contribution in [-0.4, -0.2) is 44.2 Å². The van der Waals surface area contributed by atoms with Crippen LogP contribution in [0.1, 0.15) is 16.7 Å². The maximum atomic E-state index is 12.6. The lowest BCUT2D eigenvalue weighted by molar-refractivity contribution is 0.208. The van der Waals surface area contributed by atoms with Gasteiger partial charge in [0.1, 0.15) is 5.75 Å². The first-order valence-corrected chi connectivity index (χ1v) is 9.49. The van der Waals surface area contributed by atoms with Gasteiger partial charge in [0.15, 0.2) is 0 Å². The molecule has 0 bridgehead atoms. The minimum Gasteiger partial charge on any atom is -0.495 e. The summed E-state index contributed by atoms with van der Waals surface area (Å²) in [4.78, 5) is 16.8. The Bertz CT molecular complexity index is 822. The number of nitrogens with zero attached hydrogens (tertiary/aromatic N) is 2. The maximum absolute atomic E-state index is 12.6. The Labute approximate surface area is 165 Å². The molecule has 6 heteroatoms. The highest BCUT2D eigenvalue weighted by molar-refractivity contribution is 6.32. The number of hydrogen-bond donors (Lipinski definition) is 1. The van der Waals surface area contributed by atoms with Crippen LogP contribution >= 0.6 is 11.6 Å². The summed E-state index contributed by atoms with van der Waals surface area (Å²) in [7, 11) is 1.57. The van der Waals surface area contributed by atoms with E-state index in [4.69, 9.17) is 16.3 Å². The minimum absolute atomic E-state index is 0.103. The molecule has 2 aromatic carbocycles. The summed E-state index contributed by atoms with van der Waals surface area (Å²) in [5.41, 5.74) is 5.82. The van der Waals surface area contributed by atoms with Crippen molar-refractivity contribution < 1.29 is 9.53 Å². The van der Waals surface area contributed by atoms with Gasteiger partial charge in [-0.25, -0.2) is 4.79 Å². The van der Waals surface area contributed by atoms with Gasteiger partial charge in [0.05, 0.1) is 12.1 Å². The number of ether oxygens (including phenoxy) is 1. The van der Waals surface area contributed by atoms with Crippen LogP contribution in [0.5, 0.6) is 5.75 Å². The molecule has 5 nitrogen and oxygen atoms in total. The second-order valence-electron chi connectivity index (χ2n) is 7.00. The average molecular weight is 388 g/mol. The topological polar surface area (TPSA) is 44.8 Å². The van der Waals surface area contributed by atoms with Crippen molar-refractivity contribution in [2.45, 2.75) is 20.8 Å². The fourth-order valence-electron chi connectivity index (χ4n) is 3.75. The van der Waals surface area contributed by atoms with Gasteiger partial charge in [-0.05, 0) is 50.1 Å². The summed E-state index contributed by atoms with van der Waals surface area (Å²) < 4.78 is 5.14. The molecule has 1 saturated heterocycles. The van der Waals surface area contributed by atoms with Crippen molar-refractivity contribution in [3.05, 3.63) is 52.0 Å². The van der Waals surface area contributed by atoms with Crippen molar-refractivity contribution in [2.75, 3.05) is 43.5 Å². The molecule has 0 unspecified atom stereocenters. The lowest BCUT2D eigenvalue weighted by atomic mass is 10.0. The van der Waals surface area contributed by atoms with Crippen LogP contribution in [0.15, 0.2) is 30.3 Å². The van der Waals surface area contributed by atoms with Crippen LogP contribution in [-0.2, 0) is 0 Å². The highest BCUT2D eigenvalue weighted by Gasteiger charge is 2.23. The van der Waals surface area contributed by atoms with Gasteiger partial charge in [0, 0.05) is 37.6 Å². The van der Waals surface area contributed by atoms with Crippen LogP contribution in [0.3, 0.4) is 0 Å². The zero-order chi connectivity index (χ0) is 19.6. The third-order valence-electron chi connectivity index (χ3n) is 4.92. The number of carbonyl (C=O) groups excluding carboxylic acids is 1. The summed E-state index contributed by atoms with van der Waals surface area (Å²) in [6.45, 7) is 9.44. The lowest BCUT2D eigenvalue weighted by Gasteiger charge is -2.37. The zero-order valence-corrected chi connectivity index (χ0v) is 17.1. The lowest BCUT2D eigenvalue weighted by Crippen LogP contribution is -2.50. The van der Waals surface area contributed by atoms with Gasteiger partial charge in [-0.3, -0.25) is 0 Å². The largest absolute Gasteiger partial charge is 0.495 e. The third-order valence-corrected chi connectivity index (χ3v) is 5.22. The van der Waals surface area contributed by atoms with Gasteiger partial charge in [-0.2, -0.15) is 0 Å². The summed E-state index contributed by atoms with van der Waals surface area (Å²) in [6.07, 6.45) is 0. The normalized spacial score (nSPS) is 14.3. The SMILES string of the molecule is COc1ccc(NC(=O)N2CCN(c3c(C)cc(C)cc3C)CC2)cc1Cl. The summed E-state index contributed by atoms with van der Waals surface area (Å²) in [6, 6.07) is 9.57. The molecule has 0 aromatic heterocycles. The predicted octanol–water partition coefficient (Wildman–Crippen LogP) is 4.63. The van der Waals surface area contributed by atoms with Crippen molar-refractivity contribution in [3.63, 3.8) is 0 Å². The summed E-state index contributed by atoms with van der Waals surface area (Å²) in [5.74, 6) is 0.590. The Morgan fingerprint density at radius 1 is 1.04 bits per heavy atom. The van der Waals surface area contributed by atoms with Gasteiger partial charge in [-0.1, -0.05) is 29.3 Å². The van der Waals surface area contributed by atoms with Gasteiger partial charge in [0.2, 0.25) is 0 Å². The van der Waals surface area contributed by atoms with E-state index in [9.17, 15) is 4.79 Å². The van der Waals surface area contributed by atoms with Crippen molar-refractivity contribution in [2.24, 2.45) is 0 Å². The van der Waals surface area contributed by atoms with Crippen LogP contribution in [0.25, 0.3) is 0 Å². The molecule has 2 aromatic rings. The Balaban J connectivity index is 1.62. The summed E-state index contributed by atoms with van der Waals surface area (Å²) in [5, 5.41) is 3.39. The fourth-order valence-corrected chi connectivity index (χ4v) is 4.01. The van der Waals surface area contributed by atoms with E-state index in [0.717, 1.165) is 13.1 Å². The van der Waals surface area contributed by atoms with E-state index < -0.39 is 0 Å². The Hall–Kier alpha value is -2.40. The number of aryl methyl sites for hydroxylation is 3. The Morgan fingerprint density at radius 3 is 2.22 bits per heavy atom. The average Bonchev–Trinajstić information content (AvgIpc) is 2.61. The molecular formula is C21H26ClN3O2. The van der Waals surface area contributed by atoms with Crippen LogP contribution in [0.2, 0.25) is 5.02 Å². The predicted molar refractivity (Wildman–Crippen MR) is 111 cm³/mol. The number of methoxy groups -OCH3 is 1.